The summed E-state index contributed by atoms with van der Waals surface area (Å²) < 4.78 is 0. The van der Waals surface area contributed by atoms with E-state index in [1.165, 1.54) is 16.3 Å². The van der Waals surface area contributed by atoms with E-state index in [1.807, 2.05) is 30.3 Å². The molecule has 0 saturated carbocycles. The van der Waals surface area contributed by atoms with E-state index in [0.717, 1.165) is 33.0 Å². The molecule has 3 heteroatoms. The molecule has 1 aromatic heterocycles. The normalized spacial score (nSPS) is 11.7. The van der Waals surface area contributed by atoms with Crippen LogP contribution in [0.15, 0.2) is 90.3 Å². The Balaban J connectivity index is 1.68. The standard InChI is InChI=1S/C29H25NOS/c1-29(2,3)21-16-24(20-10-5-4-6-11-20)27(31)25(17-21)28-30-26(18-32-28)23-15-9-13-19-12-7-8-14-22(19)23/h4-18,31H,1-3H3. The number of hydrogen-bond donors (Lipinski definition) is 1. The molecule has 0 fully saturated rings. The van der Waals surface area contributed by atoms with E-state index in [0.29, 0.717) is 0 Å². The highest BCUT2D eigenvalue weighted by Crippen LogP contribution is 2.43. The lowest BCUT2D eigenvalue weighted by molar-refractivity contribution is 0.478. The third-order valence-corrected chi connectivity index (χ3v) is 6.74. The fourth-order valence-electron chi connectivity index (χ4n) is 4.04. The van der Waals surface area contributed by atoms with Crippen LogP contribution in [0.2, 0.25) is 0 Å². The SMILES string of the molecule is CC(C)(C)c1cc(-c2ccccc2)c(O)c(-c2nc(-c3cccc4ccccc34)cs2)c1. The van der Waals surface area contributed by atoms with E-state index >= 15 is 0 Å². The molecule has 0 atom stereocenters. The van der Waals surface area contributed by atoms with Crippen LogP contribution in [0, 0.1) is 0 Å². The topological polar surface area (TPSA) is 33.1 Å². The maximum absolute atomic E-state index is 11.3. The average molecular weight is 436 g/mol. The third-order valence-electron chi connectivity index (χ3n) is 5.86. The molecule has 0 spiro atoms. The number of fused-ring (bicyclic) bond motifs is 1. The Labute approximate surface area is 192 Å². The Bertz CT molecular complexity index is 1410. The third kappa shape index (κ3) is 3.69. The van der Waals surface area contributed by atoms with Gasteiger partial charge in [-0.25, -0.2) is 4.98 Å². The highest BCUT2D eigenvalue weighted by atomic mass is 32.1. The molecule has 0 unspecified atom stereocenters. The summed E-state index contributed by atoms with van der Waals surface area (Å²) in [6.07, 6.45) is 0. The van der Waals surface area contributed by atoms with Crippen molar-refractivity contribution >= 4 is 22.1 Å². The smallest absolute Gasteiger partial charge is 0.133 e. The molecular formula is C29H25NOS. The van der Waals surface area contributed by atoms with E-state index in [-0.39, 0.29) is 11.2 Å². The van der Waals surface area contributed by atoms with Crippen LogP contribution >= 0.6 is 11.3 Å². The molecule has 4 aromatic carbocycles. The van der Waals surface area contributed by atoms with E-state index in [9.17, 15) is 5.11 Å². The molecule has 1 heterocycles. The Kier molecular flexibility index (Phi) is 5.07. The molecule has 5 aromatic rings. The molecule has 2 nitrogen and oxygen atoms in total. The van der Waals surface area contributed by atoms with Gasteiger partial charge in [0.1, 0.15) is 10.8 Å². The minimum atomic E-state index is -0.0539. The largest absolute Gasteiger partial charge is 0.507 e. The number of aromatic nitrogens is 1. The lowest BCUT2D eigenvalue weighted by Crippen LogP contribution is -2.11. The maximum atomic E-state index is 11.3. The van der Waals surface area contributed by atoms with Crippen molar-refractivity contribution in [3.8, 4) is 38.7 Å². The summed E-state index contributed by atoms with van der Waals surface area (Å²) in [6.45, 7) is 6.59. The van der Waals surface area contributed by atoms with E-state index in [1.54, 1.807) is 11.3 Å². The molecule has 158 valence electrons. The van der Waals surface area contributed by atoms with Crippen LogP contribution in [0.4, 0.5) is 0 Å². The number of aromatic hydroxyl groups is 1. The number of thiazole rings is 1. The highest BCUT2D eigenvalue weighted by Gasteiger charge is 2.22. The number of hydrogen-bond acceptors (Lipinski definition) is 3. The van der Waals surface area contributed by atoms with Gasteiger partial charge in [0.05, 0.1) is 11.3 Å². The number of rotatable bonds is 3. The van der Waals surface area contributed by atoms with Crippen molar-refractivity contribution in [3.63, 3.8) is 0 Å². The average Bonchev–Trinajstić information content (AvgIpc) is 3.28. The Morgan fingerprint density at radius 1 is 0.750 bits per heavy atom. The summed E-state index contributed by atoms with van der Waals surface area (Å²) in [7, 11) is 0. The summed E-state index contributed by atoms with van der Waals surface area (Å²) in [4.78, 5) is 4.98. The second kappa shape index (κ2) is 7.92. The molecule has 0 radical (unpaired) electrons. The zero-order chi connectivity index (χ0) is 22.3. The summed E-state index contributed by atoms with van der Waals surface area (Å²) >= 11 is 1.57. The Morgan fingerprint density at radius 2 is 1.44 bits per heavy atom. The van der Waals surface area contributed by atoms with Crippen LogP contribution in [0.25, 0.3) is 43.7 Å². The van der Waals surface area contributed by atoms with Crippen molar-refractivity contribution < 1.29 is 5.11 Å². The predicted molar refractivity (Wildman–Crippen MR) is 136 cm³/mol. The van der Waals surface area contributed by atoms with Crippen molar-refractivity contribution in [2.45, 2.75) is 26.2 Å². The van der Waals surface area contributed by atoms with Gasteiger partial charge in [-0.3, -0.25) is 0 Å². The molecule has 0 saturated heterocycles. The first-order valence-corrected chi connectivity index (χ1v) is 11.7. The van der Waals surface area contributed by atoms with E-state index < -0.39 is 0 Å². The minimum Gasteiger partial charge on any atom is -0.507 e. The van der Waals surface area contributed by atoms with Gasteiger partial charge >= 0.3 is 0 Å². The van der Waals surface area contributed by atoms with Crippen LogP contribution in [0.3, 0.4) is 0 Å². The summed E-state index contributed by atoms with van der Waals surface area (Å²) in [5.41, 5.74) is 5.79. The van der Waals surface area contributed by atoms with Gasteiger partial charge in [-0.15, -0.1) is 11.3 Å². The fraction of sp³-hybridized carbons (Fsp3) is 0.138. The fourth-order valence-corrected chi connectivity index (χ4v) is 4.87. The molecule has 0 bridgehead atoms. The van der Waals surface area contributed by atoms with Crippen molar-refractivity contribution in [1.82, 2.24) is 4.98 Å². The lowest BCUT2D eigenvalue weighted by Gasteiger charge is -2.22. The molecule has 1 N–H and O–H groups in total. The van der Waals surface area contributed by atoms with E-state index in [2.05, 4.69) is 80.7 Å². The second-order valence-corrected chi connectivity index (χ2v) is 9.96. The maximum Gasteiger partial charge on any atom is 0.133 e. The van der Waals surface area contributed by atoms with Crippen molar-refractivity contribution in [2.75, 3.05) is 0 Å². The predicted octanol–water partition coefficient (Wildman–Crippen LogP) is 8.30. The van der Waals surface area contributed by atoms with Gasteiger partial charge < -0.3 is 5.11 Å². The quantitative estimate of drug-likeness (QED) is 0.309. The first-order valence-electron chi connectivity index (χ1n) is 10.8. The molecule has 0 aliphatic heterocycles. The van der Waals surface area contributed by atoms with Crippen molar-refractivity contribution in [2.24, 2.45) is 0 Å². The zero-order valence-corrected chi connectivity index (χ0v) is 19.3. The van der Waals surface area contributed by atoms with Crippen LogP contribution in [-0.2, 0) is 5.41 Å². The van der Waals surface area contributed by atoms with Gasteiger partial charge in [-0.05, 0) is 39.4 Å². The van der Waals surface area contributed by atoms with Crippen LogP contribution in [0.1, 0.15) is 26.3 Å². The first-order chi connectivity index (χ1) is 15.4. The molecule has 5 rings (SSSR count). The summed E-state index contributed by atoms with van der Waals surface area (Å²) in [5, 5.41) is 16.6. The van der Waals surface area contributed by atoms with Gasteiger partial charge in [0, 0.05) is 16.5 Å². The van der Waals surface area contributed by atoms with Gasteiger partial charge in [-0.2, -0.15) is 0 Å². The Morgan fingerprint density at radius 3 is 2.22 bits per heavy atom. The van der Waals surface area contributed by atoms with Crippen LogP contribution in [0.5, 0.6) is 5.75 Å². The molecule has 0 aliphatic rings. The number of phenols is 1. The molecular weight excluding hydrogens is 410 g/mol. The minimum absolute atomic E-state index is 0.0539. The van der Waals surface area contributed by atoms with Gasteiger partial charge in [0.15, 0.2) is 0 Å². The second-order valence-electron chi connectivity index (χ2n) is 9.10. The summed E-state index contributed by atoms with van der Waals surface area (Å²) in [5.74, 6) is 0.281. The van der Waals surface area contributed by atoms with Gasteiger partial charge in [0.25, 0.3) is 0 Å². The highest BCUT2D eigenvalue weighted by molar-refractivity contribution is 7.13. The molecule has 0 amide bonds. The number of phenolic OH excluding ortho intramolecular Hbond substituents is 1. The van der Waals surface area contributed by atoms with Crippen molar-refractivity contribution in [1.29, 1.82) is 0 Å². The summed E-state index contributed by atoms with van der Waals surface area (Å²) in [6, 6.07) is 28.9. The van der Waals surface area contributed by atoms with Gasteiger partial charge in [0.2, 0.25) is 0 Å². The zero-order valence-electron chi connectivity index (χ0n) is 18.5. The first kappa shape index (κ1) is 20.5. The monoisotopic (exact) mass is 435 g/mol. The lowest BCUT2D eigenvalue weighted by atomic mass is 9.83. The number of benzene rings is 4. The van der Waals surface area contributed by atoms with Gasteiger partial charge in [-0.1, -0.05) is 93.6 Å². The molecule has 32 heavy (non-hydrogen) atoms. The molecule has 0 aliphatic carbocycles. The van der Waals surface area contributed by atoms with Crippen LogP contribution < -0.4 is 0 Å². The van der Waals surface area contributed by atoms with Crippen molar-refractivity contribution in [3.05, 3.63) is 95.9 Å². The number of nitrogens with zero attached hydrogens (tertiary/aromatic N) is 1. The van der Waals surface area contributed by atoms with Crippen LogP contribution in [-0.4, -0.2) is 10.1 Å². The van der Waals surface area contributed by atoms with E-state index in [4.69, 9.17) is 4.98 Å². The Hall–Kier alpha value is -3.43.